The second-order valence-electron chi connectivity index (χ2n) is 27.1. The molecule has 0 fully saturated rings. The average Bonchev–Trinajstić information content (AvgIpc) is 1.56. The van der Waals surface area contributed by atoms with Gasteiger partial charge in [-0.3, -0.25) is 0 Å². The van der Waals surface area contributed by atoms with Crippen molar-refractivity contribution in [1.29, 1.82) is 0 Å². The predicted octanol–water partition coefficient (Wildman–Crippen LogP) is 21.8. The topological polar surface area (TPSA) is 6.48 Å². The highest BCUT2D eigenvalue weighted by Gasteiger charge is 2.52. The SMILES string of the molecule is C=Cc1ccc(C2(c3cc(C)ccc3C)c3ccccc3-c3ccc(N(c4ccc(F)c(F)c4)c4ccc5c(c4)-c4cc(N(c6ccc(F)c(F)c6)c6ccc7c(c6)C(c6ccc(C=C)cc6)(c6cc(C)ccc6C)c6ccccc6-7)ccc4[Si]5(c4ccccc4)c4ccccc4)cc32)cc1. The first-order valence-electron chi connectivity index (χ1n) is 34.3. The van der Waals surface area contributed by atoms with Crippen LogP contribution in [-0.4, -0.2) is 8.07 Å². The quantitative estimate of drug-likeness (QED) is 0.0791. The minimum atomic E-state index is -3.28. The number of anilines is 6. The van der Waals surface area contributed by atoms with E-state index in [1.54, 1.807) is 12.1 Å². The van der Waals surface area contributed by atoms with E-state index in [2.05, 4.69) is 318 Å². The Morgan fingerprint density at radius 2 is 0.634 bits per heavy atom. The molecule has 14 aromatic carbocycles. The van der Waals surface area contributed by atoms with Gasteiger partial charge in [0.1, 0.15) is 0 Å². The van der Waals surface area contributed by atoms with Gasteiger partial charge in [0.25, 0.3) is 0 Å². The summed E-state index contributed by atoms with van der Waals surface area (Å²) in [5.41, 5.74) is 23.6. The Morgan fingerprint density at radius 3 is 1.03 bits per heavy atom. The molecule has 2 unspecified atom stereocenters. The van der Waals surface area contributed by atoms with Gasteiger partial charge in [-0.1, -0.05) is 255 Å². The molecule has 0 amide bonds. The van der Waals surface area contributed by atoms with Crippen LogP contribution in [-0.2, 0) is 10.8 Å². The highest BCUT2D eigenvalue weighted by molar-refractivity contribution is 7.22. The molecule has 14 aromatic rings. The van der Waals surface area contributed by atoms with Gasteiger partial charge in [-0.05, 0) is 221 Å². The number of benzene rings is 14. The van der Waals surface area contributed by atoms with E-state index in [4.69, 9.17) is 0 Å². The van der Waals surface area contributed by atoms with Crippen molar-refractivity contribution in [3.8, 4) is 33.4 Å². The van der Waals surface area contributed by atoms with E-state index in [0.717, 1.165) is 133 Å². The number of hydrogen-bond donors (Lipinski definition) is 0. The average molecular weight is 1330 g/mol. The van der Waals surface area contributed by atoms with Gasteiger partial charge in [-0.15, -0.1) is 0 Å². The molecular formula is C94H68F4N2Si. The van der Waals surface area contributed by atoms with Crippen LogP contribution in [0.5, 0.6) is 0 Å². The minimum absolute atomic E-state index is 0.422. The Balaban J connectivity index is 0.923. The van der Waals surface area contributed by atoms with E-state index < -0.39 is 42.2 Å². The van der Waals surface area contributed by atoms with Gasteiger partial charge in [0.05, 0.1) is 10.8 Å². The monoisotopic (exact) mass is 1330 g/mol. The molecule has 0 bridgehead atoms. The molecule has 2 nitrogen and oxygen atoms in total. The molecule has 0 saturated heterocycles. The molecule has 7 heteroatoms. The molecule has 1 heterocycles. The van der Waals surface area contributed by atoms with Crippen molar-refractivity contribution < 1.29 is 17.6 Å². The van der Waals surface area contributed by atoms with Gasteiger partial charge in [-0.2, -0.15) is 0 Å². The first-order valence-corrected chi connectivity index (χ1v) is 36.3. The predicted molar refractivity (Wildman–Crippen MR) is 412 cm³/mol. The standard InChI is InChI=1S/C94H68F4N2Si/c1-7-63-31-35-65(36-32-63)93(83-51-59(3)27-29-61(83)5)81-25-17-15-23-75(81)77-45-39-69(55-85(77)93)99(71-41-47-87(95)89(97)57-71)67-43-49-91-79(53-67)80-54-68(44-50-92(80)101(91,73-19-11-9-12-20-73)74-21-13-10-14-22-74)100(72-42-48-88(96)90(98)58-72)70-40-46-78-76-24-16-18-26-82(76)94(86(78)56-70,66-37-33-64(8-2)34-38-66)84-52-60(4)28-30-62(84)6/h7-58H,1-2H2,3-6H3. The summed E-state index contributed by atoms with van der Waals surface area (Å²) in [5.74, 6) is -3.87. The van der Waals surface area contributed by atoms with Crippen LogP contribution in [0.15, 0.2) is 316 Å². The van der Waals surface area contributed by atoms with E-state index in [1.165, 1.54) is 34.6 Å². The van der Waals surface area contributed by atoms with Crippen LogP contribution >= 0.6 is 0 Å². The first kappa shape index (κ1) is 62.6. The van der Waals surface area contributed by atoms with Crippen molar-refractivity contribution in [2.24, 2.45) is 0 Å². The molecule has 2 atom stereocenters. The molecular weight excluding hydrogens is 1260 g/mol. The summed E-state index contributed by atoms with van der Waals surface area (Å²) in [7, 11) is -3.28. The van der Waals surface area contributed by atoms with E-state index in [0.29, 0.717) is 22.7 Å². The molecule has 0 saturated carbocycles. The van der Waals surface area contributed by atoms with Crippen LogP contribution < -0.4 is 30.5 Å². The van der Waals surface area contributed by atoms with Crippen LogP contribution in [0.3, 0.4) is 0 Å². The summed E-state index contributed by atoms with van der Waals surface area (Å²) < 4.78 is 63.9. The summed E-state index contributed by atoms with van der Waals surface area (Å²) in [4.78, 5) is 4.11. The number of nitrogens with zero attached hydrogens (tertiary/aromatic N) is 2. The van der Waals surface area contributed by atoms with Crippen LogP contribution in [0, 0.1) is 51.0 Å². The number of halogens is 4. The third-order valence-corrected chi connectivity index (χ3v) is 26.6. The molecule has 0 spiro atoms. The molecule has 2 aliphatic carbocycles. The van der Waals surface area contributed by atoms with Crippen molar-refractivity contribution in [2.45, 2.75) is 38.5 Å². The molecule has 0 radical (unpaired) electrons. The Morgan fingerprint density at radius 1 is 0.287 bits per heavy atom. The molecule has 1 aliphatic heterocycles. The number of hydrogen-bond acceptors (Lipinski definition) is 2. The second-order valence-corrected chi connectivity index (χ2v) is 30.9. The van der Waals surface area contributed by atoms with Crippen LogP contribution in [0.25, 0.3) is 45.5 Å². The summed E-state index contributed by atoms with van der Waals surface area (Å²) in [6.45, 7) is 16.9. The maximum atomic E-state index is 16.4. The molecule has 17 rings (SSSR count). The highest BCUT2D eigenvalue weighted by Crippen LogP contribution is 2.60. The molecule has 101 heavy (non-hydrogen) atoms. The van der Waals surface area contributed by atoms with Gasteiger partial charge >= 0.3 is 0 Å². The zero-order chi connectivity index (χ0) is 69.1. The molecule has 0 aromatic heterocycles. The first-order chi connectivity index (χ1) is 49.2. The highest BCUT2D eigenvalue weighted by atomic mass is 28.3. The van der Waals surface area contributed by atoms with Crippen LogP contribution in [0.4, 0.5) is 51.7 Å². The largest absolute Gasteiger partial charge is 0.310 e. The zero-order valence-electron chi connectivity index (χ0n) is 56.3. The molecule has 486 valence electrons. The van der Waals surface area contributed by atoms with Crippen molar-refractivity contribution in [1.82, 2.24) is 0 Å². The molecule has 3 aliphatic rings. The summed E-state index contributed by atoms with van der Waals surface area (Å²) in [6, 6.07) is 104. The third-order valence-electron chi connectivity index (χ3n) is 21.7. The lowest BCUT2D eigenvalue weighted by Gasteiger charge is -2.36. The maximum absolute atomic E-state index is 16.4. The fourth-order valence-electron chi connectivity index (χ4n) is 17.2. The van der Waals surface area contributed by atoms with Crippen molar-refractivity contribution in [3.63, 3.8) is 0 Å². The Bertz CT molecular complexity index is 5350. The lowest BCUT2D eigenvalue weighted by molar-refractivity contribution is 0.509. The van der Waals surface area contributed by atoms with Crippen molar-refractivity contribution in [3.05, 3.63) is 418 Å². The summed E-state index contributed by atoms with van der Waals surface area (Å²) >= 11 is 0. The summed E-state index contributed by atoms with van der Waals surface area (Å²) in [6.07, 6.45) is 3.73. The van der Waals surface area contributed by atoms with Crippen molar-refractivity contribution in [2.75, 3.05) is 9.80 Å². The van der Waals surface area contributed by atoms with E-state index in [-0.39, 0.29) is 0 Å². The van der Waals surface area contributed by atoms with Gasteiger partial charge in [0, 0.05) is 46.3 Å². The lowest BCUT2D eigenvalue weighted by Crippen LogP contribution is -2.72. The lowest BCUT2D eigenvalue weighted by atomic mass is 9.66. The fourth-order valence-corrected chi connectivity index (χ4v) is 22.4. The minimum Gasteiger partial charge on any atom is -0.310 e. The Labute approximate surface area is 588 Å². The molecule has 0 N–H and O–H groups in total. The van der Waals surface area contributed by atoms with Crippen LogP contribution in [0.1, 0.15) is 77.9 Å². The number of fused-ring (bicyclic) bond motifs is 9. The maximum Gasteiger partial charge on any atom is 0.180 e. The Hall–Kier alpha value is -11.9. The van der Waals surface area contributed by atoms with Gasteiger partial charge < -0.3 is 9.80 Å². The van der Waals surface area contributed by atoms with Crippen LogP contribution in [0.2, 0.25) is 0 Å². The third kappa shape index (κ3) is 9.51. The van der Waals surface area contributed by atoms with E-state index >= 15 is 17.6 Å². The number of rotatable bonds is 14. The van der Waals surface area contributed by atoms with E-state index in [9.17, 15) is 0 Å². The van der Waals surface area contributed by atoms with Gasteiger partial charge in [0.15, 0.2) is 31.3 Å². The second kappa shape index (κ2) is 24.2. The smallest absolute Gasteiger partial charge is 0.180 e. The normalized spacial score (nSPS) is 15.6. The zero-order valence-corrected chi connectivity index (χ0v) is 57.3. The Kier molecular flexibility index (Phi) is 15.0. The van der Waals surface area contributed by atoms with Gasteiger partial charge in [0.2, 0.25) is 0 Å². The summed E-state index contributed by atoms with van der Waals surface area (Å²) in [5, 5.41) is 4.61. The number of aryl methyl sites for hydroxylation is 4. The van der Waals surface area contributed by atoms with E-state index in [1.807, 2.05) is 12.2 Å². The van der Waals surface area contributed by atoms with Crippen molar-refractivity contribution >= 4 is 75.1 Å². The fraction of sp³-hybridized carbons (Fsp3) is 0.0638. The van der Waals surface area contributed by atoms with Gasteiger partial charge in [-0.25, -0.2) is 17.6 Å².